The number of sulfonamides is 1. The average Bonchev–Trinajstić information content (AvgIpc) is 3.32. The number of nitrogens with one attached hydrogen (secondary N) is 1. The molecule has 2 aromatic rings. The molecule has 1 saturated heterocycles. The predicted molar refractivity (Wildman–Crippen MR) is 125 cm³/mol. The molecule has 1 aliphatic carbocycles. The third-order valence-corrected chi connectivity index (χ3v) is 9.58. The van der Waals surface area contributed by atoms with Crippen molar-refractivity contribution in [1.82, 2.24) is 4.31 Å². The van der Waals surface area contributed by atoms with E-state index in [1.54, 1.807) is 38.3 Å². The molecule has 3 aliphatic rings. The maximum absolute atomic E-state index is 13.5. The Morgan fingerprint density at radius 2 is 1.91 bits per heavy atom. The Hall–Kier alpha value is -2.42. The third-order valence-electron chi connectivity index (χ3n) is 7.70. The monoisotopic (exact) mass is 470 g/mol. The molecule has 0 amide bonds. The van der Waals surface area contributed by atoms with Crippen LogP contribution in [0.25, 0.3) is 0 Å². The van der Waals surface area contributed by atoms with Gasteiger partial charge in [-0.2, -0.15) is 4.31 Å². The first-order chi connectivity index (χ1) is 15.8. The second-order valence-corrected chi connectivity index (χ2v) is 11.1. The maximum atomic E-state index is 13.5. The molecule has 2 aliphatic heterocycles. The summed E-state index contributed by atoms with van der Waals surface area (Å²) in [7, 11) is -2.01. The molecule has 0 bridgehead atoms. The molecule has 2 fully saturated rings. The van der Waals surface area contributed by atoms with E-state index in [2.05, 4.69) is 11.4 Å². The van der Waals surface area contributed by atoms with Crippen LogP contribution >= 0.6 is 0 Å². The van der Waals surface area contributed by atoms with Crippen molar-refractivity contribution >= 4 is 21.7 Å². The molecule has 1 N–H and O–H groups in total. The number of benzene rings is 2. The lowest BCUT2D eigenvalue weighted by Crippen LogP contribution is -2.55. The van der Waals surface area contributed by atoms with Gasteiger partial charge in [-0.15, -0.1) is 0 Å². The van der Waals surface area contributed by atoms with Crippen LogP contribution in [-0.4, -0.2) is 57.1 Å². The molecule has 0 aromatic heterocycles. The highest BCUT2D eigenvalue weighted by molar-refractivity contribution is 7.89. The molecular formula is C25H30N2O5S. The Kier molecular flexibility index (Phi) is 5.50. The highest BCUT2D eigenvalue weighted by Gasteiger charge is 2.67. The van der Waals surface area contributed by atoms with E-state index in [9.17, 15) is 13.2 Å². The van der Waals surface area contributed by atoms with Crippen LogP contribution in [0.5, 0.6) is 0 Å². The Labute approximate surface area is 195 Å². The van der Waals surface area contributed by atoms with E-state index in [4.69, 9.17) is 9.47 Å². The van der Waals surface area contributed by atoms with Crippen molar-refractivity contribution in [2.75, 3.05) is 32.1 Å². The summed E-state index contributed by atoms with van der Waals surface area (Å²) >= 11 is 0. The number of para-hydroxylation sites is 1. The van der Waals surface area contributed by atoms with Crippen molar-refractivity contribution in [2.24, 2.45) is 11.8 Å². The van der Waals surface area contributed by atoms with Crippen LogP contribution in [0.15, 0.2) is 53.4 Å². The van der Waals surface area contributed by atoms with Gasteiger partial charge in [0.25, 0.3) is 0 Å². The highest BCUT2D eigenvalue weighted by atomic mass is 32.2. The SMILES string of the molecule is CCOC(=O)[C@@H]1[C@H]2Nc3ccccc3[C@H]2[C@]2(OC)CCN(S(=O)(=O)c3ccc(C)cc3)C[C@@H]12. The number of hydrogen-bond donors (Lipinski definition) is 1. The Morgan fingerprint density at radius 1 is 1.18 bits per heavy atom. The van der Waals surface area contributed by atoms with Gasteiger partial charge >= 0.3 is 5.97 Å². The van der Waals surface area contributed by atoms with Crippen LogP contribution in [0, 0.1) is 18.8 Å². The number of fused-ring (bicyclic) bond motifs is 5. The summed E-state index contributed by atoms with van der Waals surface area (Å²) in [6, 6.07) is 14.8. The molecule has 8 heteroatoms. The van der Waals surface area contributed by atoms with Gasteiger partial charge < -0.3 is 14.8 Å². The zero-order chi connectivity index (χ0) is 23.4. The zero-order valence-corrected chi connectivity index (χ0v) is 20.0. The first-order valence-electron chi connectivity index (χ1n) is 11.5. The lowest BCUT2D eigenvalue weighted by Gasteiger charge is -2.46. The minimum absolute atomic E-state index is 0.0534. The first kappa shape index (κ1) is 22.4. The molecule has 2 aromatic carbocycles. The third kappa shape index (κ3) is 3.30. The minimum Gasteiger partial charge on any atom is -0.466 e. The van der Waals surface area contributed by atoms with Crippen LogP contribution in [0.2, 0.25) is 0 Å². The van der Waals surface area contributed by atoms with Crippen molar-refractivity contribution < 1.29 is 22.7 Å². The molecular weight excluding hydrogens is 440 g/mol. The number of methoxy groups -OCH3 is 1. The van der Waals surface area contributed by atoms with Crippen LogP contribution in [0.1, 0.15) is 30.4 Å². The van der Waals surface area contributed by atoms with Crippen molar-refractivity contribution in [3.63, 3.8) is 0 Å². The standard InChI is InChI=1S/C25H30N2O5S/c1-4-32-24(28)21-19-15-27(33(29,30)17-11-9-16(2)10-12-17)14-13-25(19,31-3)22-18-7-5-6-8-20(18)26-23(21)22/h5-12,19,21-23,26H,4,13-15H2,1-3H3/t19-,21-,22+,23+,25-/m0/s1. The zero-order valence-electron chi connectivity index (χ0n) is 19.2. The van der Waals surface area contributed by atoms with Crippen molar-refractivity contribution in [3.8, 4) is 0 Å². The quantitative estimate of drug-likeness (QED) is 0.676. The minimum atomic E-state index is -3.69. The van der Waals surface area contributed by atoms with Crippen molar-refractivity contribution in [1.29, 1.82) is 0 Å². The van der Waals surface area contributed by atoms with E-state index in [1.165, 1.54) is 4.31 Å². The molecule has 2 heterocycles. The molecule has 0 unspecified atom stereocenters. The van der Waals surface area contributed by atoms with Crippen LogP contribution in [0.3, 0.4) is 0 Å². The normalized spacial score (nSPS) is 30.8. The highest BCUT2D eigenvalue weighted by Crippen LogP contribution is 2.60. The van der Waals surface area contributed by atoms with E-state index >= 15 is 0 Å². The molecule has 5 rings (SSSR count). The number of nitrogens with zero attached hydrogens (tertiary/aromatic N) is 1. The maximum Gasteiger partial charge on any atom is 0.311 e. The lowest BCUT2D eigenvalue weighted by atomic mass is 9.75. The summed E-state index contributed by atoms with van der Waals surface area (Å²) in [5.41, 5.74) is 2.48. The number of rotatable bonds is 5. The number of ether oxygens (including phenoxy) is 2. The van der Waals surface area contributed by atoms with Crippen LogP contribution in [0.4, 0.5) is 5.69 Å². The molecule has 0 radical (unpaired) electrons. The second kappa shape index (κ2) is 8.11. The van der Waals surface area contributed by atoms with Gasteiger partial charge in [-0.1, -0.05) is 35.9 Å². The first-order valence-corrected chi connectivity index (χ1v) is 12.9. The van der Waals surface area contributed by atoms with E-state index in [0.29, 0.717) is 13.0 Å². The summed E-state index contributed by atoms with van der Waals surface area (Å²) in [5, 5.41) is 3.54. The summed E-state index contributed by atoms with van der Waals surface area (Å²) < 4.78 is 40.2. The number of carbonyl (C=O) groups excluding carboxylic acids is 1. The van der Waals surface area contributed by atoms with Gasteiger partial charge in [-0.3, -0.25) is 4.79 Å². The van der Waals surface area contributed by atoms with E-state index < -0.39 is 21.5 Å². The van der Waals surface area contributed by atoms with Gasteiger partial charge in [0.2, 0.25) is 10.0 Å². The number of aryl methyl sites for hydroxylation is 1. The van der Waals surface area contributed by atoms with Crippen LogP contribution in [-0.2, 0) is 24.3 Å². The number of anilines is 1. The van der Waals surface area contributed by atoms with Gasteiger partial charge in [0, 0.05) is 43.8 Å². The van der Waals surface area contributed by atoms with Crippen molar-refractivity contribution in [2.45, 2.75) is 42.7 Å². The Balaban J connectivity index is 1.55. The molecule has 33 heavy (non-hydrogen) atoms. The fraction of sp³-hybridized carbons (Fsp3) is 0.480. The number of piperidine rings is 1. The summed E-state index contributed by atoms with van der Waals surface area (Å²) in [4.78, 5) is 13.5. The predicted octanol–water partition coefficient (Wildman–Crippen LogP) is 3.16. The van der Waals surface area contributed by atoms with E-state index in [1.807, 2.05) is 25.1 Å². The van der Waals surface area contributed by atoms with Crippen LogP contribution < -0.4 is 5.32 Å². The average molecular weight is 471 g/mol. The topological polar surface area (TPSA) is 84.9 Å². The summed E-state index contributed by atoms with van der Waals surface area (Å²) in [6.07, 6.45) is 0.506. The largest absolute Gasteiger partial charge is 0.466 e. The van der Waals surface area contributed by atoms with Gasteiger partial charge in [0.15, 0.2) is 0 Å². The molecule has 1 saturated carbocycles. The smallest absolute Gasteiger partial charge is 0.311 e. The number of carbonyl (C=O) groups is 1. The van der Waals surface area contributed by atoms with Gasteiger partial charge in [0.1, 0.15) is 0 Å². The van der Waals surface area contributed by atoms with Gasteiger partial charge in [-0.05, 0) is 44.0 Å². The van der Waals surface area contributed by atoms with Crippen molar-refractivity contribution in [3.05, 3.63) is 59.7 Å². The lowest BCUT2D eigenvalue weighted by molar-refractivity contribution is -0.154. The van der Waals surface area contributed by atoms with E-state index in [-0.39, 0.29) is 41.9 Å². The van der Waals surface area contributed by atoms with Gasteiger partial charge in [-0.25, -0.2) is 8.42 Å². The number of hydrogen-bond acceptors (Lipinski definition) is 6. The fourth-order valence-electron chi connectivity index (χ4n) is 6.23. The second-order valence-electron chi connectivity index (χ2n) is 9.20. The molecule has 176 valence electrons. The Morgan fingerprint density at radius 3 is 2.61 bits per heavy atom. The number of esters is 1. The molecule has 5 atom stereocenters. The Bertz CT molecular complexity index is 1170. The summed E-state index contributed by atoms with van der Waals surface area (Å²) in [5.74, 6) is -1.20. The fourth-order valence-corrected chi connectivity index (χ4v) is 7.70. The molecule has 0 spiro atoms. The van der Waals surface area contributed by atoms with Gasteiger partial charge in [0.05, 0.1) is 23.0 Å². The van der Waals surface area contributed by atoms with E-state index in [0.717, 1.165) is 16.8 Å². The summed E-state index contributed by atoms with van der Waals surface area (Å²) in [6.45, 7) is 4.54. The molecule has 7 nitrogen and oxygen atoms in total.